The Morgan fingerprint density at radius 2 is 1.92 bits per heavy atom. The number of halogens is 1. The molecule has 2 aromatic rings. The number of nitro groups is 1. The Labute approximate surface area is 159 Å². The van der Waals surface area contributed by atoms with E-state index in [-0.39, 0.29) is 17.9 Å². The molecule has 0 amide bonds. The van der Waals surface area contributed by atoms with Gasteiger partial charge in [0.15, 0.2) is 0 Å². The molecule has 7 heteroatoms. The van der Waals surface area contributed by atoms with Crippen LogP contribution in [0.25, 0.3) is 0 Å². The van der Waals surface area contributed by atoms with Crippen LogP contribution in [0.15, 0.2) is 59.1 Å². The summed E-state index contributed by atoms with van der Waals surface area (Å²) in [5.41, 5.74) is 1.69. The van der Waals surface area contributed by atoms with Gasteiger partial charge in [-0.05, 0) is 23.3 Å². The lowest BCUT2D eigenvalue weighted by atomic mass is 9.90. The van der Waals surface area contributed by atoms with Gasteiger partial charge < -0.3 is 14.8 Å². The maximum atomic E-state index is 11.8. The summed E-state index contributed by atoms with van der Waals surface area (Å²) >= 11 is 3.37. The third-order valence-electron chi connectivity index (χ3n) is 4.53. The van der Waals surface area contributed by atoms with Gasteiger partial charge in [-0.15, -0.1) is 0 Å². The fraction of sp³-hybridized carbons (Fsp3) is 0.316. The molecule has 0 aliphatic carbocycles. The van der Waals surface area contributed by atoms with E-state index < -0.39 is 24.3 Å². The van der Waals surface area contributed by atoms with E-state index in [4.69, 9.17) is 4.74 Å². The van der Waals surface area contributed by atoms with Crippen LogP contribution in [-0.4, -0.2) is 35.9 Å². The van der Waals surface area contributed by atoms with Crippen molar-refractivity contribution in [2.75, 3.05) is 6.54 Å². The summed E-state index contributed by atoms with van der Waals surface area (Å²) in [6.45, 7) is 0.266. The summed E-state index contributed by atoms with van der Waals surface area (Å²) in [4.78, 5) is 22.7. The van der Waals surface area contributed by atoms with Crippen LogP contribution in [0.4, 0.5) is 0 Å². The van der Waals surface area contributed by atoms with Gasteiger partial charge in [0.25, 0.3) is 0 Å². The Morgan fingerprint density at radius 1 is 1.23 bits per heavy atom. The molecule has 3 rings (SSSR count). The number of rotatable bonds is 6. The number of carbonyl (C=O) groups is 1. The van der Waals surface area contributed by atoms with Gasteiger partial charge in [-0.2, -0.15) is 0 Å². The van der Waals surface area contributed by atoms with Crippen LogP contribution in [0.2, 0.25) is 0 Å². The van der Waals surface area contributed by atoms with E-state index in [1.54, 1.807) is 0 Å². The highest BCUT2D eigenvalue weighted by molar-refractivity contribution is 9.10. The van der Waals surface area contributed by atoms with Crippen LogP contribution in [-0.2, 0) is 16.0 Å². The van der Waals surface area contributed by atoms with Crippen LogP contribution in [0.3, 0.4) is 0 Å². The molecule has 0 radical (unpaired) electrons. The van der Waals surface area contributed by atoms with Crippen molar-refractivity contribution in [3.8, 4) is 0 Å². The quantitative estimate of drug-likeness (QED) is 0.443. The number of nitrogens with one attached hydrogen (secondary N) is 1. The van der Waals surface area contributed by atoms with Crippen molar-refractivity contribution in [3.05, 3.63) is 80.3 Å². The van der Waals surface area contributed by atoms with Crippen LogP contribution >= 0.6 is 15.9 Å². The third kappa shape index (κ3) is 4.35. The SMILES string of the molecule is O=C[C@H]1CN[C@H]([C@H](Cc2ccc(Br)cc2)[N+](=O)[O-])C(c2ccccc2)O1. The third-order valence-corrected chi connectivity index (χ3v) is 5.05. The molecular formula is C19H19BrN2O4. The molecule has 1 fully saturated rings. The lowest BCUT2D eigenvalue weighted by molar-refractivity contribution is -0.530. The summed E-state index contributed by atoms with van der Waals surface area (Å²) in [7, 11) is 0. The molecule has 0 aromatic heterocycles. The fourth-order valence-corrected chi connectivity index (χ4v) is 3.49. The first-order chi connectivity index (χ1) is 12.6. The number of nitrogens with zero attached hydrogens (tertiary/aromatic N) is 1. The number of aldehydes is 1. The van der Waals surface area contributed by atoms with Crippen LogP contribution in [0, 0.1) is 10.1 Å². The van der Waals surface area contributed by atoms with Crippen molar-refractivity contribution in [1.29, 1.82) is 0 Å². The zero-order valence-corrected chi connectivity index (χ0v) is 15.5. The largest absolute Gasteiger partial charge is 0.360 e. The Hall–Kier alpha value is -2.09. The molecule has 1 heterocycles. The van der Waals surface area contributed by atoms with Gasteiger partial charge in [0.2, 0.25) is 6.04 Å². The van der Waals surface area contributed by atoms with Gasteiger partial charge in [-0.25, -0.2) is 0 Å². The lowest BCUT2D eigenvalue weighted by Crippen LogP contribution is -2.56. The molecule has 0 bridgehead atoms. The second-order valence-corrected chi connectivity index (χ2v) is 7.17. The topological polar surface area (TPSA) is 81.5 Å². The van der Waals surface area contributed by atoms with Crippen LogP contribution < -0.4 is 5.32 Å². The molecule has 26 heavy (non-hydrogen) atoms. The number of ether oxygens (including phenoxy) is 1. The van der Waals surface area contributed by atoms with Crippen molar-refractivity contribution in [2.45, 2.75) is 30.7 Å². The van der Waals surface area contributed by atoms with Crippen molar-refractivity contribution in [1.82, 2.24) is 5.32 Å². The number of hydrogen-bond donors (Lipinski definition) is 1. The Kier molecular flexibility index (Phi) is 6.13. The molecule has 1 aliphatic rings. The molecule has 1 aliphatic heterocycles. The molecule has 1 saturated heterocycles. The molecule has 1 unspecified atom stereocenters. The normalized spacial score (nSPS) is 24.0. The highest BCUT2D eigenvalue weighted by atomic mass is 79.9. The minimum atomic E-state index is -0.881. The van der Waals surface area contributed by atoms with Crippen molar-refractivity contribution >= 4 is 22.2 Å². The molecule has 0 spiro atoms. The average Bonchev–Trinajstić information content (AvgIpc) is 2.67. The first-order valence-electron chi connectivity index (χ1n) is 8.35. The predicted octanol–water partition coefficient (Wildman–Crippen LogP) is 2.93. The fourth-order valence-electron chi connectivity index (χ4n) is 3.22. The summed E-state index contributed by atoms with van der Waals surface area (Å²) in [5, 5.41) is 15.0. The number of hydrogen-bond acceptors (Lipinski definition) is 5. The van der Waals surface area contributed by atoms with Gasteiger partial charge in [0.1, 0.15) is 24.5 Å². The van der Waals surface area contributed by atoms with E-state index in [0.717, 1.165) is 21.9 Å². The Bertz CT molecular complexity index is 754. The predicted molar refractivity (Wildman–Crippen MR) is 101 cm³/mol. The molecule has 0 saturated carbocycles. The van der Waals surface area contributed by atoms with Gasteiger partial charge in [0, 0.05) is 22.4 Å². The highest BCUT2D eigenvalue weighted by Gasteiger charge is 2.42. The summed E-state index contributed by atoms with van der Waals surface area (Å²) in [5.74, 6) is 0. The van der Waals surface area contributed by atoms with Crippen molar-refractivity contribution in [2.24, 2.45) is 0 Å². The summed E-state index contributed by atoms with van der Waals surface area (Å²) < 4.78 is 6.80. The zero-order chi connectivity index (χ0) is 18.5. The molecule has 1 N–H and O–H groups in total. The van der Waals surface area contributed by atoms with E-state index in [0.29, 0.717) is 0 Å². The highest BCUT2D eigenvalue weighted by Crippen LogP contribution is 2.29. The minimum absolute atomic E-state index is 0.264. The average molecular weight is 419 g/mol. The number of morpholine rings is 1. The first kappa shape index (κ1) is 18.7. The monoisotopic (exact) mass is 418 g/mol. The zero-order valence-electron chi connectivity index (χ0n) is 14.0. The van der Waals surface area contributed by atoms with Crippen LogP contribution in [0.5, 0.6) is 0 Å². The van der Waals surface area contributed by atoms with Crippen LogP contribution in [0.1, 0.15) is 17.2 Å². The molecule has 2 aromatic carbocycles. The molecule has 136 valence electrons. The molecule has 6 nitrogen and oxygen atoms in total. The van der Waals surface area contributed by atoms with E-state index in [2.05, 4.69) is 21.2 Å². The maximum absolute atomic E-state index is 11.8. The van der Waals surface area contributed by atoms with Crippen molar-refractivity contribution < 1.29 is 14.5 Å². The van der Waals surface area contributed by atoms with Gasteiger partial charge >= 0.3 is 0 Å². The lowest BCUT2D eigenvalue weighted by Gasteiger charge is -2.37. The maximum Gasteiger partial charge on any atom is 0.235 e. The van der Waals surface area contributed by atoms with Gasteiger partial charge in [0.05, 0.1) is 0 Å². The Morgan fingerprint density at radius 3 is 2.54 bits per heavy atom. The number of carbonyl (C=O) groups excluding carboxylic acids is 1. The smallest absolute Gasteiger partial charge is 0.235 e. The second-order valence-electron chi connectivity index (χ2n) is 6.26. The molecule has 4 atom stereocenters. The summed E-state index contributed by atoms with van der Waals surface area (Å²) in [6.07, 6.45) is -0.173. The van der Waals surface area contributed by atoms with Crippen molar-refractivity contribution in [3.63, 3.8) is 0 Å². The second kappa shape index (κ2) is 8.53. The number of benzene rings is 2. The molecular weight excluding hydrogens is 400 g/mol. The van der Waals surface area contributed by atoms with Gasteiger partial charge in [-0.1, -0.05) is 58.4 Å². The Balaban J connectivity index is 1.88. The van der Waals surface area contributed by atoms with E-state index >= 15 is 0 Å². The van der Waals surface area contributed by atoms with E-state index in [9.17, 15) is 14.9 Å². The first-order valence-corrected chi connectivity index (χ1v) is 9.15. The van der Waals surface area contributed by atoms with E-state index in [1.165, 1.54) is 0 Å². The van der Waals surface area contributed by atoms with Gasteiger partial charge in [-0.3, -0.25) is 10.1 Å². The summed E-state index contributed by atoms with van der Waals surface area (Å²) in [6, 6.07) is 15.4. The minimum Gasteiger partial charge on any atom is -0.360 e. The van der Waals surface area contributed by atoms with E-state index in [1.807, 2.05) is 54.6 Å². The standard InChI is InChI=1S/C19H19BrN2O4/c20-15-8-6-13(7-9-15)10-17(22(24)25)18-19(14-4-2-1-3-5-14)26-16(12-23)11-21-18/h1-9,12,16-19,21H,10-11H2/t16-,17+,18-,19?/m1/s1.